The molecule has 1 aliphatic rings. The molecule has 17 heavy (non-hydrogen) atoms. The van der Waals surface area contributed by atoms with Crippen molar-refractivity contribution < 1.29 is 4.74 Å². The van der Waals surface area contributed by atoms with Crippen LogP contribution in [-0.4, -0.2) is 25.3 Å². The smallest absolute Gasteiger partial charge is 0.0726 e. The van der Waals surface area contributed by atoms with Crippen LogP contribution < -0.4 is 4.90 Å². The number of benzene rings is 1. The molecule has 2 heteroatoms. The Morgan fingerprint density at radius 2 is 1.82 bits per heavy atom. The molecule has 1 heterocycles. The molecule has 0 bridgehead atoms. The van der Waals surface area contributed by atoms with Crippen LogP contribution in [0.1, 0.15) is 39.2 Å². The molecule has 1 fully saturated rings. The van der Waals surface area contributed by atoms with E-state index in [2.05, 4.69) is 56.9 Å². The molecule has 0 amide bonds. The first-order chi connectivity index (χ1) is 8.06. The fraction of sp³-hybridized carbons (Fsp3) is 0.600. The van der Waals surface area contributed by atoms with Crippen molar-refractivity contribution in [3.63, 3.8) is 0 Å². The summed E-state index contributed by atoms with van der Waals surface area (Å²) in [7, 11) is 0. The van der Waals surface area contributed by atoms with Gasteiger partial charge in [0.15, 0.2) is 0 Å². The lowest BCUT2D eigenvalue weighted by molar-refractivity contribution is -0.00522. The van der Waals surface area contributed by atoms with Gasteiger partial charge in [-0.25, -0.2) is 0 Å². The second-order valence-corrected chi connectivity index (χ2v) is 5.41. The normalized spacial score (nSPS) is 25.4. The molecule has 1 aromatic rings. The van der Waals surface area contributed by atoms with E-state index in [1.165, 1.54) is 11.3 Å². The fourth-order valence-corrected chi connectivity index (χ4v) is 2.47. The van der Waals surface area contributed by atoms with Gasteiger partial charge in [-0.15, -0.1) is 0 Å². The zero-order valence-corrected chi connectivity index (χ0v) is 11.3. The highest BCUT2D eigenvalue weighted by molar-refractivity contribution is 5.49. The van der Waals surface area contributed by atoms with Crippen LogP contribution >= 0.6 is 0 Å². The SMILES string of the molecule is CC1CN(c2cccc(C(C)C)c2)CC(C)O1. The number of anilines is 1. The molecule has 94 valence electrons. The van der Waals surface area contributed by atoms with E-state index in [0.717, 1.165) is 13.1 Å². The van der Waals surface area contributed by atoms with Crippen LogP contribution in [0.4, 0.5) is 5.69 Å². The van der Waals surface area contributed by atoms with Crippen LogP contribution in [0.15, 0.2) is 24.3 Å². The number of hydrogen-bond acceptors (Lipinski definition) is 2. The van der Waals surface area contributed by atoms with Crippen LogP contribution in [0.3, 0.4) is 0 Å². The van der Waals surface area contributed by atoms with Crippen LogP contribution in [0, 0.1) is 0 Å². The minimum absolute atomic E-state index is 0.321. The van der Waals surface area contributed by atoms with Gasteiger partial charge in [-0.3, -0.25) is 0 Å². The van der Waals surface area contributed by atoms with E-state index in [1.54, 1.807) is 0 Å². The molecular weight excluding hydrogens is 210 g/mol. The summed E-state index contributed by atoms with van der Waals surface area (Å²) in [5.41, 5.74) is 2.74. The molecule has 0 aliphatic carbocycles. The van der Waals surface area contributed by atoms with E-state index in [-0.39, 0.29) is 0 Å². The molecule has 2 atom stereocenters. The Hall–Kier alpha value is -1.02. The summed E-state index contributed by atoms with van der Waals surface area (Å²) in [6.07, 6.45) is 0.642. The average molecular weight is 233 g/mol. The van der Waals surface area contributed by atoms with Gasteiger partial charge in [-0.05, 0) is 37.5 Å². The van der Waals surface area contributed by atoms with Crippen molar-refractivity contribution in [1.82, 2.24) is 0 Å². The monoisotopic (exact) mass is 233 g/mol. The molecule has 0 radical (unpaired) electrons. The molecule has 0 aromatic heterocycles. The first-order valence-corrected chi connectivity index (χ1v) is 6.56. The standard InChI is InChI=1S/C15H23NO/c1-11(2)14-6-5-7-15(8-14)16-9-12(3)17-13(4)10-16/h5-8,11-13H,9-10H2,1-4H3. The number of nitrogens with zero attached hydrogens (tertiary/aromatic N) is 1. The lowest BCUT2D eigenvalue weighted by Crippen LogP contribution is -2.45. The van der Waals surface area contributed by atoms with Crippen LogP contribution in [0.25, 0.3) is 0 Å². The fourth-order valence-electron chi connectivity index (χ4n) is 2.47. The number of morpholine rings is 1. The zero-order chi connectivity index (χ0) is 12.4. The molecule has 2 unspecified atom stereocenters. The lowest BCUT2D eigenvalue weighted by Gasteiger charge is -2.37. The van der Waals surface area contributed by atoms with Crippen molar-refractivity contribution in [2.24, 2.45) is 0 Å². The first-order valence-electron chi connectivity index (χ1n) is 6.56. The Morgan fingerprint density at radius 1 is 1.18 bits per heavy atom. The number of hydrogen-bond donors (Lipinski definition) is 0. The quantitative estimate of drug-likeness (QED) is 0.776. The van der Waals surface area contributed by atoms with Gasteiger partial charge in [-0.2, -0.15) is 0 Å². The van der Waals surface area contributed by atoms with Gasteiger partial charge in [0, 0.05) is 18.8 Å². The van der Waals surface area contributed by atoms with E-state index in [4.69, 9.17) is 4.74 Å². The Bertz CT molecular complexity index is 365. The minimum Gasteiger partial charge on any atom is -0.372 e. The second kappa shape index (κ2) is 5.09. The van der Waals surface area contributed by atoms with Gasteiger partial charge in [-0.1, -0.05) is 26.0 Å². The summed E-state index contributed by atoms with van der Waals surface area (Å²) < 4.78 is 5.77. The predicted molar refractivity (Wildman–Crippen MR) is 72.8 cm³/mol. The van der Waals surface area contributed by atoms with Gasteiger partial charge in [0.2, 0.25) is 0 Å². The van der Waals surface area contributed by atoms with Crippen LogP contribution in [0.5, 0.6) is 0 Å². The summed E-state index contributed by atoms with van der Waals surface area (Å²) >= 11 is 0. The van der Waals surface area contributed by atoms with E-state index < -0.39 is 0 Å². The molecule has 2 rings (SSSR count). The maximum Gasteiger partial charge on any atom is 0.0726 e. The Morgan fingerprint density at radius 3 is 2.41 bits per heavy atom. The van der Waals surface area contributed by atoms with Gasteiger partial charge >= 0.3 is 0 Å². The zero-order valence-electron chi connectivity index (χ0n) is 11.3. The highest BCUT2D eigenvalue weighted by Crippen LogP contribution is 2.24. The molecule has 1 aromatic carbocycles. The summed E-state index contributed by atoms with van der Waals surface area (Å²) in [6.45, 7) is 10.8. The maximum absolute atomic E-state index is 5.77. The average Bonchev–Trinajstić information content (AvgIpc) is 2.28. The number of ether oxygens (including phenoxy) is 1. The molecule has 0 spiro atoms. The van der Waals surface area contributed by atoms with E-state index in [9.17, 15) is 0 Å². The van der Waals surface area contributed by atoms with Gasteiger partial charge in [0.25, 0.3) is 0 Å². The van der Waals surface area contributed by atoms with Gasteiger partial charge in [0.05, 0.1) is 12.2 Å². The van der Waals surface area contributed by atoms with Crippen molar-refractivity contribution in [2.45, 2.75) is 45.8 Å². The first kappa shape index (κ1) is 12.4. The minimum atomic E-state index is 0.321. The van der Waals surface area contributed by atoms with Crippen LogP contribution in [-0.2, 0) is 4.74 Å². The number of rotatable bonds is 2. The maximum atomic E-state index is 5.77. The molecule has 0 saturated carbocycles. The third kappa shape index (κ3) is 3.01. The largest absolute Gasteiger partial charge is 0.372 e. The van der Waals surface area contributed by atoms with Crippen molar-refractivity contribution >= 4 is 5.69 Å². The topological polar surface area (TPSA) is 12.5 Å². The van der Waals surface area contributed by atoms with E-state index in [1.807, 2.05) is 0 Å². The summed E-state index contributed by atoms with van der Waals surface area (Å²) in [5.74, 6) is 0.589. The van der Waals surface area contributed by atoms with Gasteiger partial charge < -0.3 is 9.64 Å². The lowest BCUT2D eigenvalue weighted by atomic mass is 10.0. The summed E-state index contributed by atoms with van der Waals surface area (Å²) in [4.78, 5) is 2.44. The highest BCUT2D eigenvalue weighted by Gasteiger charge is 2.22. The van der Waals surface area contributed by atoms with E-state index >= 15 is 0 Å². The van der Waals surface area contributed by atoms with Crippen molar-refractivity contribution in [3.05, 3.63) is 29.8 Å². The van der Waals surface area contributed by atoms with Crippen molar-refractivity contribution in [3.8, 4) is 0 Å². The Labute approximate surface area is 105 Å². The van der Waals surface area contributed by atoms with Crippen molar-refractivity contribution in [1.29, 1.82) is 0 Å². The molecule has 1 saturated heterocycles. The second-order valence-electron chi connectivity index (χ2n) is 5.41. The van der Waals surface area contributed by atoms with Gasteiger partial charge in [0.1, 0.15) is 0 Å². The molecule has 2 nitrogen and oxygen atoms in total. The highest BCUT2D eigenvalue weighted by atomic mass is 16.5. The third-order valence-corrected chi connectivity index (χ3v) is 3.32. The third-order valence-electron chi connectivity index (χ3n) is 3.32. The molecule has 1 aliphatic heterocycles. The predicted octanol–water partition coefficient (Wildman–Crippen LogP) is 3.42. The summed E-state index contributed by atoms with van der Waals surface area (Å²) in [5, 5.41) is 0. The Kier molecular flexibility index (Phi) is 3.72. The van der Waals surface area contributed by atoms with E-state index in [0.29, 0.717) is 18.1 Å². The summed E-state index contributed by atoms with van der Waals surface area (Å²) in [6, 6.07) is 8.89. The Balaban J connectivity index is 2.18. The molecule has 0 N–H and O–H groups in total. The van der Waals surface area contributed by atoms with Crippen LogP contribution in [0.2, 0.25) is 0 Å². The molecular formula is C15H23NO. The van der Waals surface area contributed by atoms with Crippen molar-refractivity contribution in [2.75, 3.05) is 18.0 Å².